The zero-order valence-corrected chi connectivity index (χ0v) is 25.8. The van der Waals surface area contributed by atoms with Gasteiger partial charge >= 0.3 is 13.6 Å². The summed E-state index contributed by atoms with van der Waals surface area (Å²) >= 11 is 7.94. The van der Waals surface area contributed by atoms with Crippen LogP contribution < -0.4 is 17.0 Å². The number of aromatic nitrogens is 8. The lowest BCUT2D eigenvalue weighted by atomic mass is 10.1. The second-order valence-electron chi connectivity index (χ2n) is 10.0. The highest BCUT2D eigenvalue weighted by Crippen LogP contribution is 2.60. The van der Waals surface area contributed by atoms with Crippen LogP contribution in [-0.2, 0) is 36.7 Å². The molecule has 3 saturated heterocycles. The van der Waals surface area contributed by atoms with Crippen molar-refractivity contribution in [2.75, 3.05) is 24.7 Å². The molecule has 0 spiro atoms. The number of ether oxygens (including phenoxy) is 2. The minimum atomic E-state index is -4.48. The molecule has 4 aromatic heterocycles. The van der Waals surface area contributed by atoms with E-state index in [2.05, 4.69) is 54.4 Å². The lowest BCUT2D eigenvalue weighted by Gasteiger charge is -2.26. The number of nitrogens with two attached hydrogens (primary N) is 2. The third-order valence-corrected chi connectivity index (χ3v) is 10.5. The van der Waals surface area contributed by atoms with Gasteiger partial charge in [-0.3, -0.25) is 37.0 Å². The van der Waals surface area contributed by atoms with Crippen molar-refractivity contribution in [2.45, 2.75) is 49.2 Å². The highest BCUT2D eigenvalue weighted by molar-refractivity contribution is 8.44. The number of rotatable bonds is 2. The summed E-state index contributed by atoms with van der Waals surface area (Å²) in [7, 11) is 0. The molecule has 0 saturated carbocycles. The van der Waals surface area contributed by atoms with Crippen LogP contribution in [0.4, 0.5) is 20.5 Å². The van der Waals surface area contributed by atoms with Gasteiger partial charge in [0.25, 0.3) is 5.56 Å². The zero-order chi connectivity index (χ0) is 31.8. The average molecular weight is 711 g/mol. The Labute approximate surface area is 259 Å². The van der Waals surface area contributed by atoms with E-state index in [-0.39, 0.29) is 34.1 Å². The molecule has 0 aliphatic carbocycles. The Balaban J connectivity index is 1.21. The van der Waals surface area contributed by atoms with Gasteiger partial charge in [-0.05, 0) is 0 Å². The normalized spacial score (nSPS) is 37.7. The summed E-state index contributed by atoms with van der Waals surface area (Å²) in [5, 5.41) is 0. The summed E-state index contributed by atoms with van der Waals surface area (Å²) in [5.74, 6) is -0.234. The maximum absolute atomic E-state index is 16.0. The Bertz CT molecular complexity index is 1950. The number of fused-ring (bicyclic) bond motifs is 5. The summed E-state index contributed by atoms with van der Waals surface area (Å²) in [6.07, 6.45) is -9.99. The molecular weight excluding hydrogens is 688 g/mol. The minimum Gasteiger partial charge on any atom is -0.382 e. The van der Waals surface area contributed by atoms with E-state index in [0.29, 0.717) is 0 Å². The molecule has 45 heavy (non-hydrogen) atoms. The number of thiol groups is 2. The van der Waals surface area contributed by atoms with Crippen molar-refractivity contribution in [1.82, 2.24) is 39.0 Å². The highest BCUT2D eigenvalue weighted by Gasteiger charge is 2.54. The Morgan fingerprint density at radius 1 is 0.844 bits per heavy atom. The Hall–Kier alpha value is -2.72. The van der Waals surface area contributed by atoms with Crippen LogP contribution >= 0.6 is 38.1 Å². The molecule has 25 heteroatoms. The molecule has 1 unspecified atom stereocenters. The zero-order valence-electron chi connectivity index (χ0n) is 22.3. The van der Waals surface area contributed by atoms with Crippen LogP contribution in [-0.4, -0.2) is 89.0 Å². The summed E-state index contributed by atoms with van der Waals surface area (Å²) in [6.45, 7) is -10.4. The fraction of sp³-hybridized carbons (Fsp3) is 0.500. The van der Waals surface area contributed by atoms with Crippen LogP contribution in [0.2, 0.25) is 0 Å². The Kier molecular flexibility index (Phi) is 7.70. The van der Waals surface area contributed by atoms with Crippen LogP contribution in [0, 0.1) is 0 Å². The predicted molar refractivity (Wildman–Crippen MR) is 155 cm³/mol. The molecule has 0 amide bonds. The van der Waals surface area contributed by atoms with Gasteiger partial charge in [0.2, 0.25) is 5.95 Å². The van der Waals surface area contributed by atoms with Gasteiger partial charge in [-0.1, -0.05) is 24.5 Å². The van der Waals surface area contributed by atoms with Gasteiger partial charge in [-0.15, -0.1) is 0 Å². The second kappa shape index (κ2) is 11.2. The Morgan fingerprint density at radius 3 is 2.20 bits per heavy atom. The van der Waals surface area contributed by atoms with Crippen LogP contribution in [0.15, 0.2) is 23.8 Å². The van der Waals surface area contributed by atoms with Crippen molar-refractivity contribution < 1.29 is 45.5 Å². The number of anilines is 2. The standard InChI is InChI=1S/C20H22F2N10O9P2S2/c21-8-6-1-36-42(34,44)40-12-7(39-18(9(12)22)32-5-28-11-16(32)29-20(24)30-17(11)33)2-37-43(35,45)41-13(8)19(38-6)31-4-27-10-14(23)25-3-26-15(10)31/h3-9,12-13,18-19H,1-2H2,(H,34,44)(H,35,45)(H2,23,25,26)(H3,24,29,30,33)/t6-,7?,8-,9-,12-,13-,18-,19-,42-,43+/m1/s1. The molecule has 10 atom stereocenters. The first-order chi connectivity index (χ1) is 21.3. The number of nitrogens with zero attached hydrogens (tertiary/aromatic N) is 7. The molecular formula is C20H22F2N10O9P2S2. The molecule has 0 aromatic carbocycles. The van der Waals surface area contributed by atoms with Crippen molar-refractivity contribution in [1.29, 1.82) is 0 Å². The lowest BCUT2D eigenvalue weighted by molar-refractivity contribution is -0.0563. The fourth-order valence-electron chi connectivity index (χ4n) is 5.23. The molecule has 5 N–H and O–H groups in total. The first-order valence-electron chi connectivity index (χ1n) is 12.9. The van der Waals surface area contributed by atoms with Crippen LogP contribution in [0.1, 0.15) is 12.5 Å². The number of halogens is 2. The quantitative estimate of drug-likeness (QED) is 0.146. The molecule has 242 valence electrons. The van der Waals surface area contributed by atoms with Crippen molar-refractivity contribution in [3.63, 3.8) is 0 Å². The summed E-state index contributed by atoms with van der Waals surface area (Å²) in [4.78, 5) is 34.5. The molecule has 3 fully saturated rings. The predicted octanol–water partition coefficient (Wildman–Crippen LogP) is 1.49. The van der Waals surface area contributed by atoms with E-state index in [1.165, 1.54) is 10.9 Å². The maximum atomic E-state index is 16.0. The number of imidazole rings is 2. The van der Waals surface area contributed by atoms with E-state index >= 15 is 8.78 Å². The molecule has 7 rings (SSSR count). The van der Waals surface area contributed by atoms with Gasteiger partial charge in [0.05, 0.1) is 25.9 Å². The van der Waals surface area contributed by atoms with Crippen LogP contribution in [0.3, 0.4) is 0 Å². The van der Waals surface area contributed by atoms with Gasteiger partial charge < -0.3 is 20.9 Å². The van der Waals surface area contributed by atoms with Gasteiger partial charge in [-0.25, -0.2) is 37.8 Å². The topological polar surface area (TPSA) is 249 Å². The third-order valence-electron chi connectivity index (χ3n) is 7.23. The van der Waals surface area contributed by atoms with E-state index in [1.807, 2.05) is 0 Å². The largest absolute Gasteiger partial charge is 0.386 e. The minimum absolute atomic E-state index is 0.0368. The maximum Gasteiger partial charge on any atom is 0.386 e. The number of nitrogens with one attached hydrogen (secondary N) is 1. The third kappa shape index (κ3) is 5.53. The molecule has 3 aliphatic rings. The van der Waals surface area contributed by atoms with Crippen molar-refractivity contribution >= 4 is 72.2 Å². The molecule has 3 aliphatic heterocycles. The first-order valence-corrected chi connectivity index (χ1v) is 18.3. The van der Waals surface area contributed by atoms with Crippen molar-refractivity contribution in [3.8, 4) is 0 Å². The smallest absolute Gasteiger partial charge is 0.382 e. The number of H-pyrrole nitrogens is 1. The van der Waals surface area contributed by atoms with E-state index in [9.17, 15) is 13.9 Å². The Morgan fingerprint density at radius 2 is 1.47 bits per heavy atom. The molecule has 7 heterocycles. The second-order valence-corrected chi connectivity index (χ2v) is 15.8. The summed E-state index contributed by atoms with van der Waals surface area (Å²) < 4.78 is 94.2. The fourth-order valence-corrected chi connectivity index (χ4v) is 8.17. The van der Waals surface area contributed by atoms with Gasteiger partial charge in [-0.2, -0.15) is 4.98 Å². The van der Waals surface area contributed by atoms with E-state index < -0.39 is 81.6 Å². The molecule has 4 aromatic rings. The molecule has 2 bridgehead atoms. The number of aromatic amines is 1. The van der Waals surface area contributed by atoms with E-state index in [0.717, 1.165) is 17.2 Å². The first kappa shape index (κ1) is 30.9. The monoisotopic (exact) mass is 710 g/mol. The highest BCUT2D eigenvalue weighted by atomic mass is 32.7. The summed E-state index contributed by atoms with van der Waals surface area (Å²) in [5.41, 5.74) is 10.8. The lowest BCUT2D eigenvalue weighted by Crippen LogP contribution is -2.33. The molecule has 0 radical (unpaired) electrons. The average Bonchev–Trinajstić information content (AvgIpc) is 3.72. The van der Waals surface area contributed by atoms with Crippen LogP contribution in [0.5, 0.6) is 0 Å². The van der Waals surface area contributed by atoms with E-state index in [4.69, 9.17) is 39.0 Å². The number of nitrogen functional groups attached to an aromatic ring is 2. The summed E-state index contributed by atoms with van der Waals surface area (Å²) in [6, 6.07) is 0. The molecule has 19 nitrogen and oxygen atoms in total. The SMILES string of the molecule is Nc1nc2c(ncn2[C@@H]2OC3CO[P@](=O)(S)O[C@@H]4[C@H](F)[C@@H](CO[P@@](=O)(S)O[C@H]3[C@H]2F)O[C@H]4n2cnc3c(N)ncnc32)c(=O)[nH]1. The van der Waals surface area contributed by atoms with Gasteiger partial charge in [0, 0.05) is 0 Å². The number of hydrogen-bond donors (Lipinski definition) is 5. The van der Waals surface area contributed by atoms with Gasteiger partial charge in [0.1, 0.15) is 36.3 Å². The van der Waals surface area contributed by atoms with Gasteiger partial charge in [0.15, 0.2) is 47.4 Å². The van der Waals surface area contributed by atoms with E-state index in [1.54, 1.807) is 0 Å². The number of alkyl halides is 2. The van der Waals surface area contributed by atoms with Crippen LogP contribution in [0.25, 0.3) is 22.3 Å². The van der Waals surface area contributed by atoms with Crippen molar-refractivity contribution in [3.05, 3.63) is 29.3 Å². The van der Waals surface area contributed by atoms with Crippen molar-refractivity contribution in [2.24, 2.45) is 0 Å². The number of hydrogen-bond acceptors (Lipinski definition) is 16.